The lowest BCUT2D eigenvalue weighted by atomic mass is 9.91. The van der Waals surface area contributed by atoms with Gasteiger partial charge in [-0.2, -0.15) is 4.31 Å². The second-order valence-corrected chi connectivity index (χ2v) is 8.26. The molecule has 0 unspecified atom stereocenters. The van der Waals surface area contributed by atoms with Crippen LogP contribution in [0.25, 0.3) is 0 Å². The first-order valence-electron chi connectivity index (χ1n) is 8.30. The molecule has 1 aromatic carbocycles. The zero-order valence-corrected chi connectivity index (χ0v) is 14.2. The van der Waals surface area contributed by atoms with E-state index in [0.29, 0.717) is 30.5 Å². The molecular formula is C18H20N2O3S. The third-order valence-electron chi connectivity index (χ3n) is 4.93. The lowest BCUT2D eigenvalue weighted by Gasteiger charge is -2.31. The van der Waals surface area contributed by atoms with E-state index >= 15 is 0 Å². The minimum absolute atomic E-state index is 0.383. The lowest BCUT2D eigenvalue weighted by molar-refractivity contribution is 0.319. The Morgan fingerprint density at radius 3 is 2.58 bits per heavy atom. The molecule has 2 aromatic rings. The van der Waals surface area contributed by atoms with Gasteiger partial charge in [-0.05, 0) is 60.2 Å². The molecule has 0 amide bonds. The molecule has 2 aliphatic rings. The maximum absolute atomic E-state index is 12.9. The molecule has 1 fully saturated rings. The second kappa shape index (κ2) is 6.18. The SMILES string of the molecule is O=S(=O)(c1ccc2c(c1)CCO2)N1CCC(c2ccncc2)CC1. The highest BCUT2D eigenvalue weighted by Gasteiger charge is 2.30. The quantitative estimate of drug-likeness (QED) is 0.859. The molecule has 1 aromatic heterocycles. The first kappa shape index (κ1) is 15.6. The van der Waals surface area contributed by atoms with Crippen molar-refractivity contribution in [3.63, 3.8) is 0 Å². The van der Waals surface area contributed by atoms with Crippen LogP contribution < -0.4 is 4.74 Å². The molecule has 0 aliphatic carbocycles. The molecule has 4 rings (SSSR count). The van der Waals surface area contributed by atoms with Gasteiger partial charge in [-0.1, -0.05) is 0 Å². The van der Waals surface area contributed by atoms with E-state index in [1.54, 1.807) is 34.9 Å². The van der Waals surface area contributed by atoms with Crippen molar-refractivity contribution in [3.05, 3.63) is 53.9 Å². The highest BCUT2D eigenvalue weighted by atomic mass is 32.2. The van der Waals surface area contributed by atoms with E-state index in [-0.39, 0.29) is 0 Å². The van der Waals surface area contributed by atoms with Crippen LogP contribution in [0, 0.1) is 0 Å². The number of nitrogens with zero attached hydrogens (tertiary/aromatic N) is 2. The third kappa shape index (κ3) is 2.80. The Hall–Kier alpha value is -1.92. The molecule has 126 valence electrons. The molecule has 24 heavy (non-hydrogen) atoms. The Morgan fingerprint density at radius 1 is 1.08 bits per heavy atom. The van der Waals surface area contributed by atoms with E-state index in [4.69, 9.17) is 4.74 Å². The molecule has 5 nitrogen and oxygen atoms in total. The number of rotatable bonds is 3. The van der Waals surface area contributed by atoms with Crippen molar-refractivity contribution in [2.45, 2.75) is 30.1 Å². The predicted molar refractivity (Wildman–Crippen MR) is 90.6 cm³/mol. The average molecular weight is 344 g/mol. The van der Waals surface area contributed by atoms with Crippen LogP contribution >= 0.6 is 0 Å². The zero-order chi connectivity index (χ0) is 16.6. The van der Waals surface area contributed by atoms with Crippen LogP contribution in [0.2, 0.25) is 0 Å². The second-order valence-electron chi connectivity index (χ2n) is 6.33. The summed E-state index contributed by atoms with van der Waals surface area (Å²) in [6.07, 6.45) is 6.06. The van der Waals surface area contributed by atoms with Crippen molar-refractivity contribution in [1.29, 1.82) is 0 Å². The average Bonchev–Trinajstić information content (AvgIpc) is 3.10. The van der Waals surface area contributed by atoms with Crippen molar-refractivity contribution in [3.8, 4) is 5.75 Å². The van der Waals surface area contributed by atoms with E-state index in [0.717, 1.165) is 30.6 Å². The summed E-state index contributed by atoms with van der Waals surface area (Å²) in [5, 5.41) is 0. The fourth-order valence-electron chi connectivity index (χ4n) is 3.54. The van der Waals surface area contributed by atoms with Gasteiger partial charge >= 0.3 is 0 Å². The van der Waals surface area contributed by atoms with Crippen LogP contribution in [0.4, 0.5) is 0 Å². The predicted octanol–water partition coefficient (Wildman–Crippen LogP) is 2.58. The molecule has 1 saturated heterocycles. The molecule has 2 aliphatic heterocycles. The highest BCUT2D eigenvalue weighted by Crippen LogP contribution is 2.32. The van der Waals surface area contributed by atoms with Crippen molar-refractivity contribution < 1.29 is 13.2 Å². The van der Waals surface area contributed by atoms with E-state index < -0.39 is 10.0 Å². The van der Waals surface area contributed by atoms with E-state index in [9.17, 15) is 8.42 Å². The van der Waals surface area contributed by atoms with E-state index in [1.807, 2.05) is 12.1 Å². The Bertz CT molecular complexity index is 829. The summed E-state index contributed by atoms with van der Waals surface area (Å²) < 4.78 is 32.9. The normalized spacial score (nSPS) is 19.0. The van der Waals surface area contributed by atoms with Gasteiger partial charge in [0.25, 0.3) is 0 Å². The zero-order valence-electron chi connectivity index (χ0n) is 13.4. The van der Waals surface area contributed by atoms with Crippen molar-refractivity contribution in [1.82, 2.24) is 9.29 Å². The van der Waals surface area contributed by atoms with Crippen molar-refractivity contribution in [2.75, 3.05) is 19.7 Å². The molecular weight excluding hydrogens is 324 g/mol. The van der Waals surface area contributed by atoms with Gasteiger partial charge < -0.3 is 4.74 Å². The minimum Gasteiger partial charge on any atom is -0.493 e. The van der Waals surface area contributed by atoms with Crippen molar-refractivity contribution >= 4 is 10.0 Å². The van der Waals surface area contributed by atoms with Gasteiger partial charge in [-0.25, -0.2) is 8.42 Å². The highest BCUT2D eigenvalue weighted by molar-refractivity contribution is 7.89. The standard InChI is InChI=1S/C18H20N2O3S/c21-24(22,17-1-2-18-16(13-17)7-12-23-18)20-10-5-15(6-11-20)14-3-8-19-9-4-14/h1-4,8-9,13,15H,5-7,10-12H2. The number of sulfonamides is 1. The Balaban J connectivity index is 1.50. The number of benzene rings is 1. The number of aromatic nitrogens is 1. The third-order valence-corrected chi connectivity index (χ3v) is 6.82. The topological polar surface area (TPSA) is 59.5 Å². The van der Waals surface area contributed by atoms with Crippen LogP contribution in [-0.4, -0.2) is 37.4 Å². The Morgan fingerprint density at radius 2 is 1.83 bits per heavy atom. The molecule has 0 saturated carbocycles. The molecule has 0 bridgehead atoms. The molecule has 0 spiro atoms. The van der Waals surface area contributed by atoms with Gasteiger partial charge in [0, 0.05) is 31.9 Å². The maximum Gasteiger partial charge on any atom is 0.243 e. The number of piperidine rings is 1. The summed E-state index contributed by atoms with van der Waals surface area (Å²) in [7, 11) is -3.42. The molecule has 0 N–H and O–H groups in total. The van der Waals surface area contributed by atoms with Crippen LogP contribution in [0.1, 0.15) is 29.9 Å². The molecule has 6 heteroatoms. The van der Waals surface area contributed by atoms with Crippen LogP contribution in [0.3, 0.4) is 0 Å². The van der Waals surface area contributed by atoms with Gasteiger partial charge in [0.05, 0.1) is 11.5 Å². The lowest BCUT2D eigenvalue weighted by Crippen LogP contribution is -2.37. The van der Waals surface area contributed by atoms with Crippen LogP contribution in [0.15, 0.2) is 47.6 Å². The summed E-state index contributed by atoms with van der Waals surface area (Å²) in [5.41, 5.74) is 2.24. The summed E-state index contributed by atoms with van der Waals surface area (Å²) >= 11 is 0. The Labute approximate surface area is 142 Å². The van der Waals surface area contributed by atoms with Gasteiger partial charge in [0.1, 0.15) is 5.75 Å². The molecule has 3 heterocycles. The van der Waals surface area contributed by atoms with Crippen LogP contribution in [-0.2, 0) is 16.4 Å². The maximum atomic E-state index is 12.9. The number of hydrogen-bond donors (Lipinski definition) is 0. The number of fused-ring (bicyclic) bond motifs is 1. The monoisotopic (exact) mass is 344 g/mol. The van der Waals surface area contributed by atoms with Crippen molar-refractivity contribution in [2.24, 2.45) is 0 Å². The number of ether oxygens (including phenoxy) is 1. The number of pyridine rings is 1. The van der Waals surface area contributed by atoms with Crippen LogP contribution in [0.5, 0.6) is 5.75 Å². The first-order valence-corrected chi connectivity index (χ1v) is 9.74. The van der Waals surface area contributed by atoms with Gasteiger partial charge in [0.15, 0.2) is 0 Å². The fraction of sp³-hybridized carbons (Fsp3) is 0.389. The summed E-state index contributed by atoms with van der Waals surface area (Å²) in [6.45, 7) is 1.75. The minimum atomic E-state index is -3.42. The number of hydrogen-bond acceptors (Lipinski definition) is 4. The van der Waals surface area contributed by atoms with Gasteiger partial charge in [0.2, 0.25) is 10.0 Å². The largest absolute Gasteiger partial charge is 0.493 e. The first-order chi connectivity index (χ1) is 11.6. The summed E-state index contributed by atoms with van der Waals surface area (Å²) in [6, 6.07) is 9.25. The molecule has 0 atom stereocenters. The summed E-state index contributed by atoms with van der Waals surface area (Å²) in [4.78, 5) is 4.43. The van der Waals surface area contributed by atoms with Gasteiger partial charge in [-0.3, -0.25) is 4.98 Å². The molecule has 0 radical (unpaired) electrons. The summed E-state index contributed by atoms with van der Waals surface area (Å²) in [5.74, 6) is 1.22. The smallest absolute Gasteiger partial charge is 0.243 e. The van der Waals surface area contributed by atoms with E-state index in [2.05, 4.69) is 4.98 Å². The Kier molecular flexibility index (Phi) is 4.02. The van der Waals surface area contributed by atoms with Gasteiger partial charge in [-0.15, -0.1) is 0 Å². The van der Waals surface area contributed by atoms with E-state index in [1.165, 1.54) is 5.56 Å². The fourth-order valence-corrected chi connectivity index (χ4v) is 5.06.